The van der Waals surface area contributed by atoms with Crippen LogP contribution < -0.4 is 5.32 Å². The Balaban J connectivity index is 1.86. The highest BCUT2D eigenvalue weighted by Gasteiger charge is 2.37. The summed E-state index contributed by atoms with van der Waals surface area (Å²) in [6, 6.07) is 9.60. The minimum Gasteiger partial charge on any atom is -0.324 e. The molecule has 1 N–H and O–H groups in total. The standard InChI is InChI=1S/C20H23FN2O3S/c1-14-6-11-18(15(2)13-14)22-20(24)19-5-3-4-12-23(19)27(25,26)17-9-7-16(21)8-10-17/h6-11,13,19H,3-5,12H2,1-2H3,(H,22,24)/t19-/m0/s1. The third-order valence-electron chi connectivity index (χ3n) is 4.82. The molecular weight excluding hydrogens is 367 g/mol. The van der Waals surface area contributed by atoms with Crippen molar-refractivity contribution in [3.8, 4) is 0 Å². The van der Waals surface area contributed by atoms with Crippen molar-refractivity contribution < 1.29 is 17.6 Å². The minimum absolute atomic E-state index is 0.00452. The summed E-state index contributed by atoms with van der Waals surface area (Å²) in [7, 11) is -3.88. The van der Waals surface area contributed by atoms with E-state index in [9.17, 15) is 17.6 Å². The van der Waals surface area contributed by atoms with E-state index in [0.717, 1.165) is 29.7 Å². The molecule has 1 aliphatic rings. The summed E-state index contributed by atoms with van der Waals surface area (Å²) in [4.78, 5) is 12.9. The lowest BCUT2D eigenvalue weighted by Gasteiger charge is -2.33. The predicted octanol–water partition coefficient (Wildman–Crippen LogP) is 3.62. The molecule has 0 saturated carbocycles. The molecule has 7 heteroatoms. The molecule has 3 rings (SSSR count). The summed E-state index contributed by atoms with van der Waals surface area (Å²) in [5.74, 6) is -0.843. The van der Waals surface area contributed by atoms with Crippen LogP contribution in [0.25, 0.3) is 0 Å². The minimum atomic E-state index is -3.88. The number of hydrogen-bond donors (Lipinski definition) is 1. The fourth-order valence-electron chi connectivity index (χ4n) is 3.37. The Bertz CT molecular complexity index is 942. The number of piperidine rings is 1. The van der Waals surface area contributed by atoms with E-state index in [1.165, 1.54) is 16.4 Å². The van der Waals surface area contributed by atoms with Gasteiger partial charge in [-0.25, -0.2) is 12.8 Å². The second-order valence-electron chi connectivity index (χ2n) is 6.89. The Kier molecular flexibility index (Phi) is 5.62. The number of amides is 1. The summed E-state index contributed by atoms with van der Waals surface area (Å²) in [5, 5.41) is 2.86. The number of rotatable bonds is 4. The summed E-state index contributed by atoms with van der Waals surface area (Å²) >= 11 is 0. The Hall–Kier alpha value is -2.25. The van der Waals surface area contributed by atoms with Crippen LogP contribution >= 0.6 is 0 Å². The summed E-state index contributed by atoms with van der Waals surface area (Å²) in [5.41, 5.74) is 2.69. The van der Waals surface area contributed by atoms with Crippen LogP contribution in [0.3, 0.4) is 0 Å². The SMILES string of the molecule is Cc1ccc(NC(=O)[C@@H]2CCCCN2S(=O)(=O)c2ccc(F)cc2)c(C)c1. The van der Waals surface area contributed by atoms with Gasteiger partial charge >= 0.3 is 0 Å². The van der Waals surface area contributed by atoms with E-state index < -0.39 is 21.9 Å². The predicted molar refractivity (Wildman–Crippen MR) is 102 cm³/mol. The van der Waals surface area contributed by atoms with E-state index in [2.05, 4.69) is 5.32 Å². The number of sulfonamides is 1. The van der Waals surface area contributed by atoms with Crippen molar-refractivity contribution in [3.63, 3.8) is 0 Å². The van der Waals surface area contributed by atoms with Crippen LogP contribution in [0.1, 0.15) is 30.4 Å². The van der Waals surface area contributed by atoms with Gasteiger partial charge in [0.1, 0.15) is 11.9 Å². The number of carbonyl (C=O) groups excluding carboxylic acids is 1. The first-order valence-electron chi connectivity index (χ1n) is 8.94. The number of nitrogens with zero attached hydrogens (tertiary/aromatic N) is 1. The van der Waals surface area contributed by atoms with E-state index in [0.29, 0.717) is 18.5 Å². The highest BCUT2D eigenvalue weighted by molar-refractivity contribution is 7.89. The number of aryl methyl sites for hydroxylation is 2. The monoisotopic (exact) mass is 390 g/mol. The van der Waals surface area contributed by atoms with Gasteiger partial charge in [0.15, 0.2) is 0 Å². The van der Waals surface area contributed by atoms with Crippen molar-refractivity contribution in [1.29, 1.82) is 0 Å². The topological polar surface area (TPSA) is 66.5 Å². The average molecular weight is 390 g/mol. The first-order chi connectivity index (χ1) is 12.8. The second-order valence-corrected chi connectivity index (χ2v) is 8.78. The molecule has 0 bridgehead atoms. The molecule has 1 aliphatic heterocycles. The lowest BCUT2D eigenvalue weighted by atomic mass is 10.0. The number of hydrogen-bond acceptors (Lipinski definition) is 3. The van der Waals surface area contributed by atoms with Crippen molar-refractivity contribution in [2.45, 2.75) is 44.0 Å². The smallest absolute Gasteiger partial charge is 0.243 e. The second kappa shape index (κ2) is 7.78. The summed E-state index contributed by atoms with van der Waals surface area (Å²) in [6.07, 6.45) is 1.92. The molecule has 1 saturated heterocycles. The van der Waals surface area contributed by atoms with E-state index in [1.54, 1.807) is 0 Å². The lowest BCUT2D eigenvalue weighted by Crippen LogP contribution is -2.49. The Labute approximate surface area is 159 Å². The maximum absolute atomic E-state index is 13.2. The van der Waals surface area contributed by atoms with E-state index in [-0.39, 0.29) is 17.3 Å². The number of benzene rings is 2. The summed E-state index contributed by atoms with van der Waals surface area (Å²) in [6.45, 7) is 4.14. The molecular formula is C20H23FN2O3S. The molecule has 27 heavy (non-hydrogen) atoms. The van der Waals surface area contributed by atoms with Crippen LogP contribution in [0.4, 0.5) is 10.1 Å². The quantitative estimate of drug-likeness (QED) is 0.867. The normalized spacial score (nSPS) is 18.3. The van der Waals surface area contributed by atoms with Crippen LogP contribution in [0.15, 0.2) is 47.4 Å². The van der Waals surface area contributed by atoms with Crippen LogP contribution in [-0.2, 0) is 14.8 Å². The van der Waals surface area contributed by atoms with Crippen molar-refractivity contribution in [2.75, 3.05) is 11.9 Å². The highest BCUT2D eigenvalue weighted by Crippen LogP contribution is 2.27. The van der Waals surface area contributed by atoms with Crippen molar-refractivity contribution in [2.24, 2.45) is 0 Å². The van der Waals surface area contributed by atoms with Gasteiger partial charge in [0.2, 0.25) is 15.9 Å². The van der Waals surface area contributed by atoms with E-state index in [1.807, 2.05) is 32.0 Å². The van der Waals surface area contributed by atoms with Gasteiger partial charge < -0.3 is 5.32 Å². The molecule has 0 radical (unpaired) electrons. The van der Waals surface area contributed by atoms with Gasteiger partial charge in [0, 0.05) is 12.2 Å². The number of halogens is 1. The molecule has 2 aromatic carbocycles. The van der Waals surface area contributed by atoms with Gasteiger partial charge in [0.05, 0.1) is 4.90 Å². The van der Waals surface area contributed by atoms with E-state index in [4.69, 9.17) is 0 Å². The molecule has 5 nitrogen and oxygen atoms in total. The molecule has 2 aromatic rings. The molecule has 1 amide bonds. The van der Waals surface area contributed by atoms with E-state index >= 15 is 0 Å². The molecule has 0 aromatic heterocycles. The first kappa shape index (κ1) is 19.5. The fourth-order valence-corrected chi connectivity index (χ4v) is 5.02. The maximum Gasteiger partial charge on any atom is 0.243 e. The molecule has 1 heterocycles. The molecule has 1 fully saturated rings. The molecule has 0 spiro atoms. The van der Waals surface area contributed by atoms with Crippen LogP contribution in [0, 0.1) is 19.7 Å². The van der Waals surface area contributed by atoms with Gasteiger partial charge in [-0.2, -0.15) is 4.31 Å². The first-order valence-corrected chi connectivity index (χ1v) is 10.4. The third-order valence-corrected chi connectivity index (χ3v) is 6.74. The summed E-state index contributed by atoms with van der Waals surface area (Å²) < 4.78 is 40.4. The van der Waals surface area contributed by atoms with Gasteiger partial charge in [-0.3, -0.25) is 4.79 Å². The van der Waals surface area contributed by atoms with Gasteiger partial charge in [-0.1, -0.05) is 24.1 Å². The maximum atomic E-state index is 13.2. The number of nitrogens with one attached hydrogen (secondary N) is 1. The molecule has 0 aliphatic carbocycles. The average Bonchev–Trinajstić information content (AvgIpc) is 2.64. The highest BCUT2D eigenvalue weighted by atomic mass is 32.2. The molecule has 0 unspecified atom stereocenters. The lowest BCUT2D eigenvalue weighted by molar-refractivity contribution is -0.120. The van der Waals surface area contributed by atoms with Crippen LogP contribution in [0.2, 0.25) is 0 Å². The number of anilines is 1. The zero-order valence-corrected chi connectivity index (χ0v) is 16.2. The van der Waals surface area contributed by atoms with Crippen molar-refractivity contribution in [1.82, 2.24) is 4.31 Å². The van der Waals surface area contributed by atoms with Gasteiger partial charge in [0.25, 0.3) is 0 Å². The van der Waals surface area contributed by atoms with Crippen LogP contribution in [0.5, 0.6) is 0 Å². The fraction of sp³-hybridized carbons (Fsp3) is 0.350. The third kappa shape index (κ3) is 4.20. The molecule has 144 valence electrons. The zero-order chi connectivity index (χ0) is 19.6. The number of carbonyl (C=O) groups is 1. The zero-order valence-electron chi connectivity index (χ0n) is 15.4. The van der Waals surface area contributed by atoms with Gasteiger partial charge in [-0.15, -0.1) is 0 Å². The van der Waals surface area contributed by atoms with Crippen molar-refractivity contribution >= 4 is 21.6 Å². The largest absolute Gasteiger partial charge is 0.324 e. The van der Waals surface area contributed by atoms with Crippen LogP contribution in [-0.4, -0.2) is 31.2 Å². The Morgan fingerprint density at radius 2 is 1.81 bits per heavy atom. The Morgan fingerprint density at radius 3 is 2.48 bits per heavy atom. The van der Waals surface area contributed by atoms with Crippen molar-refractivity contribution in [3.05, 3.63) is 59.4 Å². The van der Waals surface area contributed by atoms with Gasteiger partial charge in [-0.05, 0) is 62.6 Å². The molecule has 1 atom stereocenters. The Morgan fingerprint density at radius 1 is 1.11 bits per heavy atom.